The first-order valence-electron chi connectivity index (χ1n) is 5.29. The first kappa shape index (κ1) is 13.7. The van der Waals surface area contributed by atoms with Crippen LogP contribution in [0.4, 0.5) is 0 Å². The van der Waals surface area contributed by atoms with Crippen molar-refractivity contribution in [3.8, 4) is 0 Å². The topological polar surface area (TPSA) is 97.2 Å². The van der Waals surface area contributed by atoms with Gasteiger partial charge in [0.25, 0.3) is 0 Å². The van der Waals surface area contributed by atoms with Crippen LogP contribution in [0.15, 0.2) is 23.1 Å². The van der Waals surface area contributed by atoms with Crippen LogP contribution in [0.25, 0.3) is 10.9 Å². The van der Waals surface area contributed by atoms with E-state index in [1.807, 2.05) is 0 Å². The SMILES string of the molecule is CCS(=O)(=O)c1c(C(=O)O)nnc2cc(Cl)ccc12. The third-order valence-electron chi connectivity index (χ3n) is 2.57. The molecule has 2 aromatic rings. The highest BCUT2D eigenvalue weighted by molar-refractivity contribution is 7.91. The van der Waals surface area contributed by atoms with Gasteiger partial charge in [0.1, 0.15) is 4.90 Å². The van der Waals surface area contributed by atoms with Gasteiger partial charge in [-0.3, -0.25) is 0 Å². The Balaban J connectivity index is 2.97. The van der Waals surface area contributed by atoms with E-state index in [2.05, 4.69) is 10.2 Å². The molecule has 0 aliphatic rings. The van der Waals surface area contributed by atoms with Gasteiger partial charge in [-0.05, 0) is 18.2 Å². The molecule has 0 radical (unpaired) electrons. The lowest BCUT2D eigenvalue weighted by Gasteiger charge is -2.08. The van der Waals surface area contributed by atoms with E-state index in [0.717, 1.165) is 0 Å². The maximum Gasteiger partial charge on any atom is 0.357 e. The number of carbonyl (C=O) groups is 1. The van der Waals surface area contributed by atoms with Crippen molar-refractivity contribution in [2.45, 2.75) is 11.8 Å². The van der Waals surface area contributed by atoms with Crippen LogP contribution in [-0.4, -0.2) is 35.4 Å². The fourth-order valence-corrected chi connectivity index (χ4v) is 3.04. The van der Waals surface area contributed by atoms with Crippen LogP contribution < -0.4 is 0 Å². The number of hydrogen-bond donors (Lipinski definition) is 1. The van der Waals surface area contributed by atoms with Gasteiger partial charge < -0.3 is 5.11 Å². The van der Waals surface area contributed by atoms with Crippen LogP contribution in [0.1, 0.15) is 17.4 Å². The highest BCUT2D eigenvalue weighted by atomic mass is 35.5. The summed E-state index contributed by atoms with van der Waals surface area (Å²) in [7, 11) is -3.74. The van der Waals surface area contributed by atoms with Gasteiger partial charge in [0.2, 0.25) is 0 Å². The van der Waals surface area contributed by atoms with Gasteiger partial charge in [0, 0.05) is 10.4 Å². The quantitative estimate of drug-likeness (QED) is 0.928. The third kappa shape index (κ3) is 2.39. The summed E-state index contributed by atoms with van der Waals surface area (Å²) in [6, 6.07) is 4.34. The Bertz CT molecular complexity index is 774. The zero-order chi connectivity index (χ0) is 14.2. The number of carboxylic acid groups (broad SMARTS) is 1. The zero-order valence-corrected chi connectivity index (χ0v) is 11.4. The second-order valence-electron chi connectivity index (χ2n) is 3.75. The van der Waals surface area contributed by atoms with E-state index in [9.17, 15) is 13.2 Å². The van der Waals surface area contributed by atoms with Crippen molar-refractivity contribution in [2.24, 2.45) is 0 Å². The van der Waals surface area contributed by atoms with Crippen molar-refractivity contribution in [3.05, 3.63) is 28.9 Å². The fourth-order valence-electron chi connectivity index (χ4n) is 1.66. The Hall–Kier alpha value is -1.73. The van der Waals surface area contributed by atoms with Gasteiger partial charge in [0.15, 0.2) is 15.5 Å². The summed E-state index contributed by atoms with van der Waals surface area (Å²) in [4.78, 5) is 10.8. The van der Waals surface area contributed by atoms with Crippen LogP contribution >= 0.6 is 11.6 Å². The molecule has 1 aromatic carbocycles. The van der Waals surface area contributed by atoms with E-state index in [1.54, 1.807) is 0 Å². The lowest BCUT2D eigenvalue weighted by atomic mass is 10.2. The predicted octanol–water partition coefficient (Wildman–Crippen LogP) is 1.77. The maximum atomic E-state index is 12.1. The Morgan fingerprint density at radius 1 is 1.37 bits per heavy atom. The molecule has 0 atom stereocenters. The molecule has 100 valence electrons. The minimum Gasteiger partial charge on any atom is -0.476 e. The Kier molecular flexibility index (Phi) is 3.42. The molecule has 6 nitrogen and oxygen atoms in total. The summed E-state index contributed by atoms with van der Waals surface area (Å²) >= 11 is 5.79. The van der Waals surface area contributed by atoms with E-state index in [1.165, 1.54) is 25.1 Å². The molecule has 1 heterocycles. The number of aromatic carboxylic acids is 1. The van der Waals surface area contributed by atoms with Gasteiger partial charge >= 0.3 is 5.97 Å². The first-order valence-corrected chi connectivity index (χ1v) is 7.32. The number of fused-ring (bicyclic) bond motifs is 1. The van der Waals surface area contributed by atoms with Gasteiger partial charge in [-0.15, -0.1) is 10.2 Å². The average Bonchev–Trinajstić information content (AvgIpc) is 2.36. The number of carboxylic acids is 1. The molecule has 1 aromatic heterocycles. The molecule has 0 amide bonds. The van der Waals surface area contributed by atoms with E-state index < -0.39 is 21.5 Å². The van der Waals surface area contributed by atoms with Crippen molar-refractivity contribution < 1.29 is 18.3 Å². The number of benzene rings is 1. The van der Waals surface area contributed by atoms with Gasteiger partial charge in [-0.25, -0.2) is 13.2 Å². The van der Waals surface area contributed by atoms with Crippen LogP contribution in [0.5, 0.6) is 0 Å². The highest BCUT2D eigenvalue weighted by Crippen LogP contribution is 2.27. The molecular weight excluding hydrogens is 292 g/mol. The predicted molar refractivity (Wildman–Crippen MR) is 69.2 cm³/mol. The average molecular weight is 301 g/mol. The number of aromatic nitrogens is 2. The first-order chi connectivity index (χ1) is 8.86. The lowest BCUT2D eigenvalue weighted by molar-refractivity contribution is 0.0685. The molecule has 0 aliphatic heterocycles. The number of rotatable bonds is 3. The maximum absolute atomic E-state index is 12.1. The van der Waals surface area contributed by atoms with E-state index >= 15 is 0 Å². The Labute approximate surface area is 114 Å². The van der Waals surface area contributed by atoms with Crippen LogP contribution in [0.3, 0.4) is 0 Å². The lowest BCUT2D eigenvalue weighted by Crippen LogP contribution is -2.14. The van der Waals surface area contributed by atoms with Gasteiger partial charge in [0.05, 0.1) is 11.3 Å². The molecular formula is C11H9ClN2O4S. The number of halogens is 1. The summed E-state index contributed by atoms with van der Waals surface area (Å²) in [6.07, 6.45) is 0. The molecule has 0 bridgehead atoms. The molecule has 1 N–H and O–H groups in total. The van der Waals surface area contributed by atoms with Crippen molar-refractivity contribution in [1.82, 2.24) is 10.2 Å². The number of nitrogens with zero attached hydrogens (tertiary/aromatic N) is 2. The number of sulfone groups is 1. The van der Waals surface area contributed by atoms with Gasteiger partial charge in [-0.1, -0.05) is 18.5 Å². The summed E-state index contributed by atoms with van der Waals surface area (Å²) < 4.78 is 24.1. The fraction of sp³-hybridized carbons (Fsp3) is 0.182. The van der Waals surface area contributed by atoms with Crippen molar-refractivity contribution in [2.75, 3.05) is 5.75 Å². The molecule has 8 heteroatoms. The Morgan fingerprint density at radius 2 is 2.05 bits per heavy atom. The molecule has 0 aliphatic carbocycles. The molecule has 0 fully saturated rings. The summed E-state index contributed by atoms with van der Waals surface area (Å²) in [5, 5.41) is 16.8. The smallest absolute Gasteiger partial charge is 0.357 e. The van der Waals surface area contributed by atoms with E-state index in [-0.39, 0.29) is 21.6 Å². The number of hydrogen-bond acceptors (Lipinski definition) is 5. The second-order valence-corrected chi connectivity index (χ2v) is 6.40. The minimum absolute atomic E-state index is 0.207. The van der Waals surface area contributed by atoms with Gasteiger partial charge in [-0.2, -0.15) is 0 Å². The second kappa shape index (κ2) is 4.75. The van der Waals surface area contributed by atoms with E-state index in [0.29, 0.717) is 5.02 Å². The molecule has 19 heavy (non-hydrogen) atoms. The molecule has 0 saturated carbocycles. The highest BCUT2D eigenvalue weighted by Gasteiger charge is 2.26. The largest absolute Gasteiger partial charge is 0.476 e. The van der Waals surface area contributed by atoms with Crippen LogP contribution in [0.2, 0.25) is 5.02 Å². The monoisotopic (exact) mass is 300 g/mol. The van der Waals surface area contributed by atoms with Crippen molar-refractivity contribution in [1.29, 1.82) is 0 Å². The van der Waals surface area contributed by atoms with Crippen LogP contribution in [0, 0.1) is 0 Å². The third-order valence-corrected chi connectivity index (χ3v) is 4.60. The summed E-state index contributed by atoms with van der Waals surface area (Å²) in [5.41, 5.74) is -0.332. The minimum atomic E-state index is -3.74. The van der Waals surface area contributed by atoms with Crippen molar-refractivity contribution >= 4 is 38.3 Å². The summed E-state index contributed by atoms with van der Waals surface area (Å²) in [6.45, 7) is 1.43. The zero-order valence-electron chi connectivity index (χ0n) is 9.79. The Morgan fingerprint density at radius 3 is 2.63 bits per heavy atom. The molecule has 2 rings (SSSR count). The molecule has 0 saturated heterocycles. The van der Waals surface area contributed by atoms with E-state index in [4.69, 9.17) is 16.7 Å². The normalized spacial score (nSPS) is 11.7. The standard InChI is InChI=1S/C11H9ClN2O4S/c1-2-19(17,18)10-7-4-3-6(12)5-8(7)13-14-9(10)11(15)16/h3-5H,2H2,1H3,(H,15,16). The molecule has 0 spiro atoms. The summed E-state index contributed by atoms with van der Waals surface area (Å²) in [5.74, 6) is -1.66. The van der Waals surface area contributed by atoms with Crippen LogP contribution in [-0.2, 0) is 9.84 Å². The molecule has 0 unspecified atom stereocenters. The van der Waals surface area contributed by atoms with Crippen molar-refractivity contribution in [3.63, 3.8) is 0 Å².